The van der Waals surface area contributed by atoms with Crippen molar-refractivity contribution in [2.24, 2.45) is 17.3 Å². The van der Waals surface area contributed by atoms with Crippen LogP contribution in [0.4, 0.5) is 4.39 Å². The molecule has 3 fully saturated rings. The molecule has 0 saturated heterocycles. The summed E-state index contributed by atoms with van der Waals surface area (Å²) in [5, 5.41) is 16.8. The van der Waals surface area contributed by atoms with Crippen LogP contribution in [0.15, 0.2) is 30.9 Å². The molecule has 3 N–H and O–H groups in total. The van der Waals surface area contributed by atoms with Crippen LogP contribution in [0.3, 0.4) is 0 Å². The summed E-state index contributed by atoms with van der Waals surface area (Å²) >= 11 is 0. The van der Waals surface area contributed by atoms with Crippen LogP contribution in [-0.2, 0) is 4.74 Å². The fraction of sp³-hybridized carbons (Fsp3) is 0.600. The van der Waals surface area contributed by atoms with Gasteiger partial charge in [-0.15, -0.1) is 0 Å². The third-order valence-corrected chi connectivity index (χ3v) is 6.21. The van der Waals surface area contributed by atoms with Crippen molar-refractivity contribution >= 4 is 12.6 Å². The van der Waals surface area contributed by atoms with E-state index < -0.39 is 0 Å². The first-order valence-electron chi connectivity index (χ1n) is 11.1. The Balaban J connectivity index is 0.000000273. The number of hydrogen-bond acceptors (Lipinski definition) is 5. The predicted molar refractivity (Wildman–Crippen MR) is 127 cm³/mol. The highest BCUT2D eigenvalue weighted by Gasteiger charge is 2.86. The minimum Gasteiger partial charge on any atom is -0.489 e. The van der Waals surface area contributed by atoms with Crippen LogP contribution in [-0.4, -0.2) is 38.4 Å². The average Bonchev–Trinajstić information content (AvgIpc) is 3.68. The van der Waals surface area contributed by atoms with Crippen molar-refractivity contribution < 1.29 is 13.9 Å². The van der Waals surface area contributed by atoms with E-state index in [1.807, 2.05) is 20.9 Å². The summed E-state index contributed by atoms with van der Waals surface area (Å²) in [6.45, 7) is 15.1. The highest BCUT2D eigenvalue weighted by molar-refractivity contribution is 5.91. The molecule has 1 unspecified atom stereocenters. The van der Waals surface area contributed by atoms with Gasteiger partial charge in [-0.05, 0) is 69.8 Å². The van der Waals surface area contributed by atoms with Gasteiger partial charge in [0.2, 0.25) is 0 Å². The van der Waals surface area contributed by atoms with Gasteiger partial charge in [0.15, 0.2) is 5.90 Å². The van der Waals surface area contributed by atoms with Gasteiger partial charge in [0, 0.05) is 11.6 Å². The van der Waals surface area contributed by atoms with E-state index in [1.165, 1.54) is 18.9 Å². The Kier molecular flexibility index (Phi) is 10.4. The molecular weight excluding hydrogens is 393 g/mol. The van der Waals surface area contributed by atoms with Gasteiger partial charge in [-0.1, -0.05) is 39.5 Å². The van der Waals surface area contributed by atoms with Crippen molar-refractivity contribution in [2.75, 3.05) is 20.3 Å². The lowest BCUT2D eigenvalue weighted by Gasteiger charge is -2.13. The van der Waals surface area contributed by atoms with Crippen molar-refractivity contribution in [3.8, 4) is 5.75 Å². The zero-order valence-corrected chi connectivity index (χ0v) is 19.8. The van der Waals surface area contributed by atoms with Gasteiger partial charge in [-0.2, -0.15) is 0 Å². The lowest BCUT2D eigenvalue weighted by atomic mass is 10.1. The summed E-state index contributed by atoms with van der Waals surface area (Å²) in [5.41, 5.74) is 1.01. The number of ether oxygens (including phenoxy) is 2. The normalized spacial score (nSPS) is 24.8. The lowest BCUT2D eigenvalue weighted by Crippen LogP contribution is -2.19. The lowest BCUT2D eigenvalue weighted by molar-refractivity contribution is 0.218. The SMILES string of the molecule is C=CCOc1ccc(C)c(F)c1.C=N.CC.CNC12CC1(C(=N)OCC(C)C1CC1)C2. The number of fused-ring (bicyclic) bond motifs is 1. The minimum atomic E-state index is -0.239. The van der Waals surface area contributed by atoms with E-state index in [0.29, 0.717) is 29.7 Å². The third-order valence-electron chi connectivity index (χ3n) is 6.21. The Morgan fingerprint density at radius 1 is 1.32 bits per heavy atom. The molecule has 5 nitrogen and oxygen atoms in total. The molecule has 0 aromatic heterocycles. The van der Waals surface area contributed by atoms with Crippen LogP contribution in [0.25, 0.3) is 0 Å². The van der Waals surface area contributed by atoms with E-state index in [9.17, 15) is 4.39 Å². The quantitative estimate of drug-likeness (QED) is 0.277. The molecule has 3 aliphatic rings. The summed E-state index contributed by atoms with van der Waals surface area (Å²) < 4.78 is 23.7. The summed E-state index contributed by atoms with van der Waals surface area (Å²) in [7, 11) is 1.99. The molecule has 1 atom stereocenters. The highest BCUT2D eigenvalue weighted by Crippen LogP contribution is 2.78. The van der Waals surface area contributed by atoms with E-state index >= 15 is 0 Å². The summed E-state index contributed by atoms with van der Waals surface area (Å²) in [5.74, 6) is 2.37. The maximum Gasteiger partial charge on any atom is 0.188 e. The maximum atomic E-state index is 12.9. The number of hydrogen-bond donors (Lipinski definition) is 3. The minimum absolute atomic E-state index is 0.116. The second-order valence-electron chi connectivity index (χ2n) is 8.23. The zero-order valence-electron chi connectivity index (χ0n) is 19.8. The number of rotatable bonds is 8. The number of aryl methyl sites for hydroxylation is 1. The molecule has 0 radical (unpaired) electrons. The number of halogens is 1. The van der Waals surface area contributed by atoms with Gasteiger partial charge in [0.25, 0.3) is 0 Å². The fourth-order valence-electron chi connectivity index (χ4n) is 3.66. The topological polar surface area (TPSA) is 78.2 Å². The van der Waals surface area contributed by atoms with E-state index in [1.54, 1.807) is 25.1 Å². The molecule has 0 amide bonds. The first-order valence-corrected chi connectivity index (χ1v) is 11.1. The van der Waals surface area contributed by atoms with Crippen LogP contribution in [0.5, 0.6) is 5.75 Å². The highest BCUT2D eigenvalue weighted by atomic mass is 19.1. The van der Waals surface area contributed by atoms with Crippen molar-refractivity contribution in [2.45, 2.75) is 58.9 Å². The summed E-state index contributed by atoms with van der Waals surface area (Å²) in [6.07, 6.45) is 6.59. The van der Waals surface area contributed by atoms with Gasteiger partial charge in [-0.3, -0.25) is 5.41 Å². The third kappa shape index (κ3) is 6.63. The average molecular weight is 434 g/mol. The molecular formula is C25H40FN3O2. The molecule has 1 aromatic carbocycles. The smallest absolute Gasteiger partial charge is 0.188 e. The van der Waals surface area contributed by atoms with Gasteiger partial charge in [0.1, 0.15) is 18.2 Å². The van der Waals surface area contributed by atoms with Gasteiger partial charge in [-0.25, -0.2) is 4.39 Å². The summed E-state index contributed by atoms with van der Waals surface area (Å²) in [6, 6.07) is 4.80. The van der Waals surface area contributed by atoms with E-state index in [0.717, 1.165) is 25.4 Å². The molecule has 6 heteroatoms. The standard InChI is InChI=1S/C12H20N2O.C10H11FO.C2H6.CH3N/c1-8(9-3-4-9)5-15-10(13)11-6-12(11,7-11)14-2;1-3-6-12-9-5-4-8(2)10(11)7-9;2*1-2/h8-9,13-14H,3-7H2,1-2H3;3-5,7H,1,6H2,2H3;1-2H3;2H,1H2. The second kappa shape index (κ2) is 12.0. The molecule has 3 aliphatic carbocycles. The Morgan fingerprint density at radius 3 is 2.39 bits per heavy atom. The Hall–Kier alpha value is -2.21. The molecule has 0 spiro atoms. The molecule has 3 saturated carbocycles. The first-order chi connectivity index (χ1) is 14.9. The molecule has 31 heavy (non-hydrogen) atoms. The van der Waals surface area contributed by atoms with E-state index in [2.05, 4.69) is 25.5 Å². The molecule has 1 aromatic rings. The van der Waals surface area contributed by atoms with Gasteiger partial charge >= 0.3 is 0 Å². The maximum absolute atomic E-state index is 12.9. The zero-order chi connectivity index (χ0) is 23.7. The van der Waals surface area contributed by atoms with Crippen LogP contribution < -0.4 is 10.1 Å². The summed E-state index contributed by atoms with van der Waals surface area (Å²) in [4.78, 5) is 0. The molecule has 0 aliphatic heterocycles. The van der Waals surface area contributed by atoms with Crippen molar-refractivity contribution in [1.29, 1.82) is 10.8 Å². The monoisotopic (exact) mass is 433 g/mol. The molecule has 0 bridgehead atoms. The Bertz CT molecular complexity index is 727. The van der Waals surface area contributed by atoms with E-state index in [-0.39, 0.29) is 16.8 Å². The number of nitrogens with one attached hydrogen (secondary N) is 3. The predicted octanol–water partition coefficient (Wildman–Crippen LogP) is 5.77. The Morgan fingerprint density at radius 2 is 1.94 bits per heavy atom. The van der Waals surface area contributed by atoms with Crippen molar-refractivity contribution in [1.82, 2.24) is 5.32 Å². The number of benzene rings is 1. The van der Waals surface area contributed by atoms with Gasteiger partial charge in [0.05, 0.1) is 12.0 Å². The second-order valence-corrected chi connectivity index (χ2v) is 8.23. The van der Waals surface area contributed by atoms with Gasteiger partial charge < -0.3 is 20.2 Å². The largest absolute Gasteiger partial charge is 0.489 e. The molecule has 4 rings (SSSR count). The van der Waals surface area contributed by atoms with Crippen LogP contribution in [0, 0.1) is 40.8 Å². The fourth-order valence-corrected chi connectivity index (χ4v) is 3.66. The first kappa shape index (κ1) is 26.8. The molecule has 174 valence electrons. The van der Waals surface area contributed by atoms with Crippen molar-refractivity contribution in [3.05, 3.63) is 42.2 Å². The van der Waals surface area contributed by atoms with Crippen molar-refractivity contribution in [3.63, 3.8) is 0 Å². The Labute approximate surface area is 187 Å². The van der Waals surface area contributed by atoms with Crippen LogP contribution in [0.1, 0.15) is 52.0 Å². The van der Waals surface area contributed by atoms with Crippen LogP contribution in [0.2, 0.25) is 0 Å². The molecule has 0 heterocycles. The van der Waals surface area contributed by atoms with E-state index in [4.69, 9.17) is 20.3 Å². The van der Waals surface area contributed by atoms with Crippen LogP contribution >= 0.6 is 0 Å².